The van der Waals surface area contributed by atoms with Gasteiger partial charge in [-0.15, -0.1) is 11.3 Å². The third-order valence-corrected chi connectivity index (χ3v) is 5.89. The topological polar surface area (TPSA) is 53.4 Å². The van der Waals surface area contributed by atoms with Crippen LogP contribution in [0.1, 0.15) is 18.5 Å². The van der Waals surface area contributed by atoms with Gasteiger partial charge in [-0.05, 0) is 30.2 Å². The van der Waals surface area contributed by atoms with Gasteiger partial charge in [-0.25, -0.2) is 4.98 Å². The first-order valence-corrected chi connectivity index (χ1v) is 8.93. The SMILES string of the molecule is O=C(Cc1csc(-c2ccsc2)n1)N1CC(O)(C2CC2)C1. The summed E-state index contributed by atoms with van der Waals surface area (Å²) >= 11 is 3.22. The van der Waals surface area contributed by atoms with Crippen molar-refractivity contribution in [2.45, 2.75) is 24.9 Å². The number of carbonyl (C=O) groups excluding carboxylic acids is 1. The number of aliphatic hydroxyl groups is 1. The lowest BCUT2D eigenvalue weighted by Crippen LogP contribution is -2.65. The average molecular weight is 320 g/mol. The summed E-state index contributed by atoms with van der Waals surface area (Å²) in [4.78, 5) is 18.5. The fourth-order valence-corrected chi connectivity index (χ4v) is 4.38. The minimum absolute atomic E-state index is 0.0718. The van der Waals surface area contributed by atoms with E-state index < -0.39 is 5.60 Å². The van der Waals surface area contributed by atoms with E-state index in [4.69, 9.17) is 0 Å². The van der Waals surface area contributed by atoms with Crippen LogP contribution in [0.5, 0.6) is 0 Å². The number of rotatable bonds is 4. The maximum Gasteiger partial charge on any atom is 0.228 e. The highest BCUT2D eigenvalue weighted by Gasteiger charge is 2.53. The highest BCUT2D eigenvalue weighted by molar-refractivity contribution is 7.14. The van der Waals surface area contributed by atoms with Crippen molar-refractivity contribution in [2.24, 2.45) is 5.92 Å². The fourth-order valence-electron chi connectivity index (χ4n) is 2.84. The second-order valence-electron chi connectivity index (χ2n) is 5.96. The molecular formula is C15H16N2O2S2. The van der Waals surface area contributed by atoms with Crippen LogP contribution in [0.2, 0.25) is 0 Å². The van der Waals surface area contributed by atoms with Crippen LogP contribution >= 0.6 is 22.7 Å². The molecule has 1 saturated carbocycles. The largest absolute Gasteiger partial charge is 0.386 e. The number of thiophene rings is 1. The molecule has 3 heterocycles. The standard InChI is InChI=1S/C15H16N2O2S2/c18-13(17-8-15(19,9-17)11-1-2-11)5-12-7-21-14(16-12)10-3-4-20-6-10/h3-4,6-7,11,19H,1-2,5,8-9H2. The molecule has 1 amide bonds. The predicted molar refractivity (Wildman–Crippen MR) is 83.4 cm³/mol. The summed E-state index contributed by atoms with van der Waals surface area (Å²) in [5, 5.41) is 17.3. The normalized spacial score (nSPS) is 20.3. The first kappa shape index (κ1) is 13.4. The molecule has 110 valence electrons. The van der Waals surface area contributed by atoms with Gasteiger partial charge in [0.2, 0.25) is 5.91 Å². The first-order valence-electron chi connectivity index (χ1n) is 7.11. The Bertz CT molecular complexity index is 655. The Kier molecular flexibility index (Phi) is 3.13. The smallest absolute Gasteiger partial charge is 0.228 e. The van der Waals surface area contributed by atoms with Crippen LogP contribution in [0.15, 0.2) is 22.2 Å². The van der Waals surface area contributed by atoms with Gasteiger partial charge < -0.3 is 10.0 Å². The molecule has 4 rings (SSSR count). The lowest BCUT2D eigenvalue weighted by Gasteiger charge is -2.47. The molecule has 0 bridgehead atoms. The Morgan fingerprint density at radius 3 is 2.90 bits per heavy atom. The number of thiazole rings is 1. The molecule has 6 heteroatoms. The Balaban J connectivity index is 1.37. The molecule has 1 aliphatic carbocycles. The second-order valence-corrected chi connectivity index (χ2v) is 7.60. The van der Waals surface area contributed by atoms with Crippen molar-refractivity contribution in [2.75, 3.05) is 13.1 Å². The van der Waals surface area contributed by atoms with E-state index in [0.29, 0.717) is 25.4 Å². The first-order chi connectivity index (χ1) is 10.1. The maximum absolute atomic E-state index is 12.2. The van der Waals surface area contributed by atoms with Gasteiger partial charge in [-0.1, -0.05) is 0 Å². The molecule has 0 spiro atoms. The zero-order valence-corrected chi connectivity index (χ0v) is 13.1. The molecule has 0 atom stereocenters. The lowest BCUT2D eigenvalue weighted by molar-refractivity contribution is -0.158. The molecule has 2 aliphatic rings. The van der Waals surface area contributed by atoms with Gasteiger partial charge in [0.1, 0.15) is 10.6 Å². The van der Waals surface area contributed by atoms with Gasteiger partial charge in [0.15, 0.2) is 0 Å². The summed E-state index contributed by atoms with van der Waals surface area (Å²) < 4.78 is 0. The van der Waals surface area contributed by atoms with Crippen molar-refractivity contribution in [3.05, 3.63) is 27.9 Å². The van der Waals surface area contributed by atoms with Gasteiger partial charge in [0.05, 0.1) is 25.2 Å². The molecular weight excluding hydrogens is 304 g/mol. The molecule has 4 nitrogen and oxygen atoms in total. The van der Waals surface area contributed by atoms with E-state index in [-0.39, 0.29) is 5.91 Å². The summed E-state index contributed by atoms with van der Waals surface area (Å²) in [6.07, 6.45) is 2.55. The van der Waals surface area contributed by atoms with Crippen molar-refractivity contribution in [3.8, 4) is 10.6 Å². The van der Waals surface area contributed by atoms with E-state index in [1.807, 2.05) is 16.8 Å². The number of hydrogen-bond donors (Lipinski definition) is 1. The van der Waals surface area contributed by atoms with Gasteiger partial charge in [0, 0.05) is 16.3 Å². The van der Waals surface area contributed by atoms with Crippen molar-refractivity contribution in [1.29, 1.82) is 0 Å². The monoisotopic (exact) mass is 320 g/mol. The van der Waals surface area contributed by atoms with Crippen LogP contribution in [0.4, 0.5) is 0 Å². The van der Waals surface area contributed by atoms with Crippen LogP contribution < -0.4 is 0 Å². The molecule has 1 aliphatic heterocycles. The third kappa shape index (κ3) is 2.52. The van der Waals surface area contributed by atoms with Crippen molar-refractivity contribution < 1.29 is 9.90 Å². The summed E-state index contributed by atoms with van der Waals surface area (Å²) in [5.74, 6) is 0.494. The number of aromatic nitrogens is 1. The molecule has 0 radical (unpaired) electrons. The molecule has 1 N–H and O–H groups in total. The zero-order valence-electron chi connectivity index (χ0n) is 11.5. The van der Waals surface area contributed by atoms with Crippen molar-refractivity contribution in [3.63, 3.8) is 0 Å². The van der Waals surface area contributed by atoms with E-state index in [2.05, 4.69) is 10.4 Å². The number of carbonyl (C=O) groups is 1. The van der Waals surface area contributed by atoms with E-state index in [1.54, 1.807) is 27.6 Å². The Labute approximate surface area is 131 Å². The van der Waals surface area contributed by atoms with Gasteiger partial charge >= 0.3 is 0 Å². The number of amides is 1. The molecule has 21 heavy (non-hydrogen) atoms. The van der Waals surface area contributed by atoms with E-state index in [0.717, 1.165) is 29.1 Å². The van der Waals surface area contributed by atoms with Gasteiger partial charge in [-0.3, -0.25) is 4.79 Å². The third-order valence-electron chi connectivity index (χ3n) is 4.27. The number of hydrogen-bond acceptors (Lipinski definition) is 5. The van der Waals surface area contributed by atoms with Crippen molar-refractivity contribution in [1.82, 2.24) is 9.88 Å². The molecule has 0 aromatic carbocycles. The van der Waals surface area contributed by atoms with Gasteiger partial charge in [-0.2, -0.15) is 11.3 Å². The van der Waals surface area contributed by atoms with Crippen LogP contribution in [-0.2, 0) is 11.2 Å². The fraction of sp³-hybridized carbons (Fsp3) is 0.467. The Morgan fingerprint density at radius 1 is 1.43 bits per heavy atom. The maximum atomic E-state index is 12.2. The predicted octanol–water partition coefficient (Wildman–Crippen LogP) is 2.40. The Hall–Kier alpha value is -1.24. The van der Waals surface area contributed by atoms with Crippen LogP contribution in [0.3, 0.4) is 0 Å². The number of likely N-dealkylation sites (tertiary alicyclic amines) is 1. The molecule has 2 aromatic rings. The number of nitrogens with zero attached hydrogens (tertiary/aromatic N) is 2. The van der Waals surface area contributed by atoms with E-state index in [1.165, 1.54) is 0 Å². The molecule has 0 unspecified atom stereocenters. The van der Waals surface area contributed by atoms with Gasteiger partial charge in [0.25, 0.3) is 0 Å². The minimum Gasteiger partial charge on any atom is -0.386 e. The van der Waals surface area contributed by atoms with E-state index >= 15 is 0 Å². The molecule has 2 aromatic heterocycles. The quantitative estimate of drug-likeness (QED) is 0.941. The highest BCUT2D eigenvalue weighted by Crippen LogP contribution is 2.44. The summed E-state index contributed by atoms with van der Waals surface area (Å²) in [7, 11) is 0. The summed E-state index contributed by atoms with van der Waals surface area (Å²) in [5.41, 5.74) is 1.35. The number of β-amino-alcohol motifs (C(OH)–C–C–N with tert-alkyl or cyclic N) is 1. The van der Waals surface area contributed by atoms with Crippen LogP contribution in [0.25, 0.3) is 10.6 Å². The highest BCUT2D eigenvalue weighted by atomic mass is 32.1. The molecule has 2 fully saturated rings. The lowest BCUT2D eigenvalue weighted by atomic mass is 9.88. The average Bonchev–Trinajstić information content (AvgIpc) is 2.96. The van der Waals surface area contributed by atoms with E-state index in [9.17, 15) is 9.90 Å². The minimum atomic E-state index is -0.598. The second kappa shape index (κ2) is 4.90. The Morgan fingerprint density at radius 2 is 2.24 bits per heavy atom. The molecule has 1 saturated heterocycles. The van der Waals surface area contributed by atoms with Crippen LogP contribution in [0, 0.1) is 5.92 Å². The summed E-state index contributed by atoms with van der Waals surface area (Å²) in [6, 6.07) is 2.04. The summed E-state index contributed by atoms with van der Waals surface area (Å²) in [6.45, 7) is 0.996. The van der Waals surface area contributed by atoms with Crippen LogP contribution in [-0.4, -0.2) is 39.6 Å². The zero-order chi connectivity index (χ0) is 14.4. The van der Waals surface area contributed by atoms with Crippen molar-refractivity contribution >= 4 is 28.6 Å².